The molecule has 2 fully saturated rings. The number of carbonyl (C=O) groups excluding carboxylic acids is 2. The molecule has 0 unspecified atom stereocenters. The van der Waals surface area contributed by atoms with Crippen LogP contribution in [0.5, 0.6) is 0 Å². The highest BCUT2D eigenvalue weighted by molar-refractivity contribution is 9.10. The zero-order valence-corrected chi connectivity index (χ0v) is 47.7. The predicted octanol–water partition coefficient (Wildman–Crippen LogP) is 13.4. The van der Waals surface area contributed by atoms with E-state index in [0.29, 0.717) is 49.2 Å². The highest BCUT2D eigenvalue weighted by Crippen LogP contribution is 2.51. The Balaban J connectivity index is 0.000000352. The van der Waals surface area contributed by atoms with Crippen LogP contribution >= 0.6 is 15.9 Å². The van der Waals surface area contributed by atoms with Crippen molar-refractivity contribution in [2.75, 3.05) is 13.2 Å². The van der Waals surface area contributed by atoms with Gasteiger partial charge in [-0.25, -0.2) is 9.36 Å². The van der Waals surface area contributed by atoms with E-state index in [1.165, 1.54) is 23.0 Å². The van der Waals surface area contributed by atoms with Crippen molar-refractivity contribution in [1.29, 1.82) is 0 Å². The lowest BCUT2D eigenvalue weighted by molar-refractivity contribution is -0.122. The Labute approximate surface area is 414 Å². The average Bonchev–Trinajstić information content (AvgIpc) is 4.13. The van der Waals surface area contributed by atoms with Crippen LogP contribution in [-0.2, 0) is 34.2 Å². The van der Waals surface area contributed by atoms with Crippen LogP contribution < -0.4 is 5.32 Å². The number of aromatic nitrogens is 6. The number of hydrogen-bond donors (Lipinski definition) is 1. The number of nitrogens with one attached hydrogen (secondary N) is 1. The average molecular weight is 1020 g/mol. The quantitative estimate of drug-likeness (QED) is 0.0548. The van der Waals surface area contributed by atoms with E-state index >= 15 is 0 Å². The molecule has 0 radical (unpaired) electrons. The highest BCUT2D eigenvalue weighted by atomic mass is 79.9. The van der Waals surface area contributed by atoms with Crippen LogP contribution in [0.1, 0.15) is 163 Å². The third kappa shape index (κ3) is 15.4. The number of Topliss-reactive ketones (excluding diaryl/α,β-unsaturated/α-hetero) is 1. The van der Waals surface area contributed by atoms with Crippen LogP contribution in [0, 0.1) is 17.8 Å². The van der Waals surface area contributed by atoms with Gasteiger partial charge in [0.15, 0.2) is 5.78 Å². The summed E-state index contributed by atoms with van der Waals surface area (Å²) in [6, 6.07) is 12.1. The van der Waals surface area contributed by atoms with Crippen LogP contribution in [0.4, 0.5) is 0 Å². The van der Waals surface area contributed by atoms with Crippen molar-refractivity contribution in [2.24, 2.45) is 17.8 Å². The van der Waals surface area contributed by atoms with E-state index in [1.807, 2.05) is 18.5 Å². The standard InChI is InChI=1S/C38H57N5O3Si.C15H29BrN2OSi/c1-24(2)35-34(37(25(3)4)42(41-35)23-46-20-21-47(7,8)9)30-12-10-27(11-13-30)22-32(44)36(33(28-14-15-28)29-16-17-29)40-38(45)31-18-19-39-43(31)26(5)6;1-11(2)14-13(16)15(12(3)4)18(17-14)10-19-8-9-20(5,6)7/h10-13,18-19,24-26,28-29,33,36H,14-17,20-23H2,1-9H3,(H,40,45);11-12H,8-10H2,1-7H3/t36-;/m1./s1. The summed E-state index contributed by atoms with van der Waals surface area (Å²) in [7, 11) is -2.19. The molecule has 67 heavy (non-hydrogen) atoms. The number of benzene rings is 1. The van der Waals surface area contributed by atoms with E-state index in [9.17, 15) is 9.59 Å². The molecule has 14 heteroatoms. The van der Waals surface area contributed by atoms with Gasteiger partial charge in [0.05, 0.1) is 33.3 Å². The van der Waals surface area contributed by atoms with Gasteiger partial charge in [-0.1, -0.05) is 119 Å². The molecule has 1 N–H and O–H groups in total. The van der Waals surface area contributed by atoms with Crippen molar-refractivity contribution < 1.29 is 19.1 Å². The summed E-state index contributed by atoms with van der Waals surface area (Å²) in [5.74, 6) is 2.52. The molecule has 0 spiro atoms. The van der Waals surface area contributed by atoms with Crippen LogP contribution in [0.15, 0.2) is 41.0 Å². The number of halogens is 1. The minimum absolute atomic E-state index is 0.0584. The first kappa shape index (κ1) is 54.8. The maximum absolute atomic E-state index is 14.1. The Morgan fingerprint density at radius 2 is 1.19 bits per heavy atom. The first-order valence-electron chi connectivity index (χ1n) is 25.4. The smallest absolute Gasteiger partial charge is 0.270 e. The normalized spacial score (nSPS) is 15.1. The summed E-state index contributed by atoms with van der Waals surface area (Å²) in [6.45, 7) is 38.4. The first-order valence-corrected chi connectivity index (χ1v) is 33.6. The summed E-state index contributed by atoms with van der Waals surface area (Å²) in [6.07, 6.45) is 6.54. The second-order valence-corrected chi connectivity index (χ2v) is 35.4. The van der Waals surface area contributed by atoms with E-state index in [0.717, 1.165) is 71.9 Å². The molecule has 6 rings (SSSR count). The molecule has 2 aliphatic carbocycles. The number of nitrogens with zero attached hydrogens (tertiary/aromatic N) is 6. The van der Waals surface area contributed by atoms with Crippen molar-refractivity contribution in [2.45, 2.75) is 202 Å². The lowest BCUT2D eigenvalue weighted by Crippen LogP contribution is -2.48. The van der Waals surface area contributed by atoms with Crippen molar-refractivity contribution in [3.63, 3.8) is 0 Å². The fourth-order valence-electron chi connectivity index (χ4n) is 8.93. The molecule has 2 aliphatic rings. The Kier molecular flexibility index (Phi) is 19.3. The number of carbonyl (C=O) groups is 2. The van der Waals surface area contributed by atoms with E-state index in [-0.39, 0.29) is 35.5 Å². The van der Waals surface area contributed by atoms with Crippen LogP contribution in [0.25, 0.3) is 11.1 Å². The van der Waals surface area contributed by atoms with E-state index in [4.69, 9.17) is 19.7 Å². The van der Waals surface area contributed by atoms with Crippen LogP contribution in [-0.4, -0.2) is 76.4 Å². The van der Waals surface area contributed by atoms with Gasteiger partial charge < -0.3 is 14.8 Å². The highest BCUT2D eigenvalue weighted by Gasteiger charge is 2.48. The number of hydrogen-bond acceptors (Lipinski definition) is 7. The fraction of sp³-hybridized carbons (Fsp3) is 0.679. The van der Waals surface area contributed by atoms with E-state index in [1.54, 1.807) is 16.9 Å². The molecule has 372 valence electrons. The summed E-state index contributed by atoms with van der Waals surface area (Å²) < 4.78 is 19.0. The first-order chi connectivity index (χ1) is 31.4. The molecule has 1 amide bonds. The van der Waals surface area contributed by atoms with Crippen LogP contribution in [0.3, 0.4) is 0 Å². The lowest BCUT2D eigenvalue weighted by atomic mass is 9.84. The molecule has 0 bridgehead atoms. The van der Waals surface area contributed by atoms with Crippen molar-refractivity contribution in [1.82, 2.24) is 34.7 Å². The molecule has 3 heterocycles. The molecular formula is C53H86BrN7O4Si2. The van der Waals surface area contributed by atoms with Gasteiger partial charge >= 0.3 is 0 Å². The van der Waals surface area contributed by atoms with Crippen molar-refractivity contribution >= 4 is 43.8 Å². The molecule has 3 aromatic heterocycles. The lowest BCUT2D eigenvalue weighted by Gasteiger charge is -2.27. The number of rotatable bonds is 24. The van der Waals surface area contributed by atoms with Gasteiger partial charge in [-0.15, -0.1) is 0 Å². The maximum Gasteiger partial charge on any atom is 0.270 e. The molecular weight excluding hydrogens is 935 g/mol. The van der Waals surface area contributed by atoms with Gasteiger partial charge in [-0.3, -0.25) is 14.3 Å². The van der Waals surface area contributed by atoms with E-state index < -0.39 is 22.2 Å². The second-order valence-electron chi connectivity index (χ2n) is 23.3. The van der Waals surface area contributed by atoms with E-state index in [2.05, 4.69) is 150 Å². The number of ether oxygens (including phenoxy) is 2. The van der Waals surface area contributed by atoms with Crippen LogP contribution in [0.2, 0.25) is 51.4 Å². The van der Waals surface area contributed by atoms with Gasteiger partial charge in [0.25, 0.3) is 5.91 Å². The zero-order chi connectivity index (χ0) is 49.5. The molecule has 11 nitrogen and oxygen atoms in total. The third-order valence-electron chi connectivity index (χ3n) is 12.9. The maximum atomic E-state index is 14.1. The summed E-state index contributed by atoms with van der Waals surface area (Å²) >= 11 is 3.71. The van der Waals surface area contributed by atoms with Crippen molar-refractivity contribution in [3.8, 4) is 11.1 Å². The Bertz CT molecular complexity index is 2210. The predicted molar refractivity (Wildman–Crippen MR) is 284 cm³/mol. The zero-order valence-electron chi connectivity index (χ0n) is 44.1. The molecule has 2 saturated carbocycles. The Morgan fingerprint density at radius 3 is 1.64 bits per heavy atom. The van der Waals surface area contributed by atoms with Gasteiger partial charge in [-0.05, 0) is 126 Å². The largest absolute Gasteiger partial charge is 0.360 e. The molecule has 1 aromatic carbocycles. The van der Waals surface area contributed by atoms with Gasteiger partial charge in [0.1, 0.15) is 19.2 Å². The summed E-state index contributed by atoms with van der Waals surface area (Å²) in [4.78, 5) is 27.7. The fourth-order valence-corrected chi connectivity index (χ4v) is 11.6. The number of ketones is 1. The minimum atomic E-state index is -1.17. The molecule has 0 aliphatic heterocycles. The summed E-state index contributed by atoms with van der Waals surface area (Å²) in [5, 5.41) is 17.4. The molecule has 1 atom stereocenters. The monoisotopic (exact) mass is 1020 g/mol. The topological polar surface area (TPSA) is 118 Å². The Morgan fingerprint density at radius 1 is 0.701 bits per heavy atom. The molecule has 4 aromatic rings. The second kappa shape index (κ2) is 23.6. The third-order valence-corrected chi connectivity index (χ3v) is 17.2. The Hall–Kier alpha value is -3.18. The van der Waals surface area contributed by atoms with Gasteiger partial charge in [-0.2, -0.15) is 15.3 Å². The SMILES string of the molecule is CC(C)c1nn(COCC[Si](C)(C)C)c(C(C)C)c1-c1ccc(CC(=O)[C@@H](NC(=O)c2ccnn2C(C)C)C(C2CC2)C2CC2)cc1.CC(C)c1nn(COCC[Si](C)(C)C)c(C(C)C)c1Br. The minimum Gasteiger partial charge on any atom is -0.360 e. The molecule has 0 saturated heterocycles. The van der Waals surface area contributed by atoms with Crippen molar-refractivity contribution in [3.05, 3.63) is 75.0 Å². The summed E-state index contributed by atoms with van der Waals surface area (Å²) in [5.41, 5.74) is 8.39. The van der Waals surface area contributed by atoms with Gasteiger partial charge in [0, 0.05) is 53.6 Å². The number of amides is 1. The van der Waals surface area contributed by atoms with Gasteiger partial charge in [0.2, 0.25) is 0 Å².